The molecule has 132 valence electrons. The first kappa shape index (κ1) is 15.4. The van der Waals surface area contributed by atoms with Crippen LogP contribution in [-0.2, 0) is 0 Å². The van der Waals surface area contributed by atoms with Gasteiger partial charge in [0.05, 0.1) is 23.9 Å². The van der Waals surface area contributed by atoms with Crippen LogP contribution in [0, 0.1) is 11.3 Å². The summed E-state index contributed by atoms with van der Waals surface area (Å²) in [6.07, 6.45) is 7.35. The highest BCUT2D eigenvalue weighted by atomic mass is 15.3. The second-order valence-electron chi connectivity index (χ2n) is 6.51. The SMILES string of the molecule is N#Cc1cnc2c(NC3CC3)cc(Nc3cccc(-c4c[nH]cn4)c3)nn12. The Morgan fingerprint density at radius 1 is 1.22 bits per heavy atom. The zero-order valence-corrected chi connectivity index (χ0v) is 14.3. The number of hydrogen-bond acceptors (Lipinski definition) is 6. The number of H-pyrrole nitrogens is 1. The zero-order chi connectivity index (χ0) is 18.2. The third kappa shape index (κ3) is 2.95. The van der Waals surface area contributed by atoms with Crippen LogP contribution < -0.4 is 10.6 Å². The molecular formula is C19H16N8. The fraction of sp³-hybridized carbons (Fsp3) is 0.158. The molecule has 1 aliphatic carbocycles. The van der Waals surface area contributed by atoms with Crippen LogP contribution >= 0.6 is 0 Å². The largest absolute Gasteiger partial charge is 0.379 e. The van der Waals surface area contributed by atoms with Crippen molar-refractivity contribution < 1.29 is 0 Å². The highest BCUT2D eigenvalue weighted by Gasteiger charge is 2.23. The lowest BCUT2D eigenvalue weighted by atomic mass is 10.1. The predicted octanol–water partition coefficient (Wildman–Crippen LogP) is 3.31. The smallest absolute Gasteiger partial charge is 0.178 e. The second-order valence-corrected chi connectivity index (χ2v) is 6.51. The van der Waals surface area contributed by atoms with Gasteiger partial charge in [0, 0.05) is 29.6 Å². The molecule has 8 heteroatoms. The molecule has 0 saturated heterocycles. The van der Waals surface area contributed by atoms with E-state index in [2.05, 4.69) is 36.8 Å². The lowest BCUT2D eigenvalue weighted by molar-refractivity contribution is 0.924. The van der Waals surface area contributed by atoms with E-state index in [4.69, 9.17) is 0 Å². The Kier molecular flexibility index (Phi) is 3.50. The highest BCUT2D eigenvalue weighted by Crippen LogP contribution is 2.29. The van der Waals surface area contributed by atoms with E-state index >= 15 is 0 Å². The van der Waals surface area contributed by atoms with Crippen molar-refractivity contribution >= 4 is 22.8 Å². The fourth-order valence-electron chi connectivity index (χ4n) is 2.98. The molecule has 1 fully saturated rings. The number of fused-ring (bicyclic) bond motifs is 1. The third-order valence-corrected chi connectivity index (χ3v) is 4.45. The minimum atomic E-state index is 0.401. The monoisotopic (exact) mass is 356 g/mol. The molecule has 1 saturated carbocycles. The number of imidazole rings is 2. The molecule has 0 radical (unpaired) electrons. The summed E-state index contributed by atoms with van der Waals surface area (Å²) in [7, 11) is 0. The summed E-state index contributed by atoms with van der Waals surface area (Å²) in [6, 6.07) is 12.5. The Balaban J connectivity index is 1.53. The number of anilines is 3. The summed E-state index contributed by atoms with van der Waals surface area (Å²) in [5.41, 5.74) is 4.70. The van der Waals surface area contributed by atoms with Gasteiger partial charge in [0.2, 0.25) is 0 Å². The van der Waals surface area contributed by atoms with E-state index in [1.54, 1.807) is 17.0 Å². The van der Waals surface area contributed by atoms with Crippen molar-refractivity contribution in [2.24, 2.45) is 0 Å². The number of rotatable bonds is 5. The molecule has 1 aromatic carbocycles. The van der Waals surface area contributed by atoms with Crippen molar-refractivity contribution in [1.82, 2.24) is 24.6 Å². The quantitative estimate of drug-likeness (QED) is 0.506. The molecule has 4 aromatic rings. The third-order valence-electron chi connectivity index (χ3n) is 4.45. The average Bonchev–Trinajstić information content (AvgIpc) is 3.18. The first-order valence-corrected chi connectivity index (χ1v) is 8.72. The van der Waals surface area contributed by atoms with Gasteiger partial charge in [0.15, 0.2) is 17.2 Å². The van der Waals surface area contributed by atoms with Gasteiger partial charge in [-0.3, -0.25) is 0 Å². The molecule has 8 nitrogen and oxygen atoms in total. The van der Waals surface area contributed by atoms with E-state index in [1.807, 2.05) is 36.5 Å². The molecule has 3 N–H and O–H groups in total. The molecule has 3 aromatic heterocycles. The van der Waals surface area contributed by atoms with Crippen molar-refractivity contribution in [3.8, 4) is 17.3 Å². The lowest BCUT2D eigenvalue weighted by Crippen LogP contribution is -2.07. The molecule has 0 atom stereocenters. The van der Waals surface area contributed by atoms with E-state index in [9.17, 15) is 5.26 Å². The standard InChI is InChI=1S/C19H16N8/c20-8-15-9-22-19-16(24-13-4-5-13)7-18(26-27(15)19)25-14-3-1-2-12(6-14)17-10-21-11-23-17/h1-3,6-7,9-11,13,24H,4-5H2,(H,21,23)(H,25,26). The van der Waals surface area contributed by atoms with Crippen LogP contribution in [0.25, 0.3) is 16.9 Å². The molecule has 0 aliphatic heterocycles. The van der Waals surface area contributed by atoms with Gasteiger partial charge in [-0.05, 0) is 25.0 Å². The number of aromatic amines is 1. The number of aromatic nitrogens is 5. The number of nitrogens with one attached hydrogen (secondary N) is 3. The van der Waals surface area contributed by atoms with Crippen molar-refractivity contribution in [3.63, 3.8) is 0 Å². The molecule has 1 aliphatic rings. The highest BCUT2D eigenvalue weighted by molar-refractivity contribution is 5.74. The Bertz CT molecular complexity index is 1150. The van der Waals surface area contributed by atoms with Crippen molar-refractivity contribution in [2.75, 3.05) is 10.6 Å². The van der Waals surface area contributed by atoms with Gasteiger partial charge in [-0.25, -0.2) is 9.97 Å². The predicted molar refractivity (Wildman–Crippen MR) is 102 cm³/mol. The summed E-state index contributed by atoms with van der Waals surface area (Å²) in [5, 5.41) is 20.7. The normalized spacial score (nSPS) is 13.4. The van der Waals surface area contributed by atoms with Gasteiger partial charge in [-0.1, -0.05) is 12.1 Å². The first-order chi connectivity index (χ1) is 13.3. The molecule has 0 bridgehead atoms. The van der Waals surface area contributed by atoms with Crippen LogP contribution in [0.5, 0.6) is 0 Å². The van der Waals surface area contributed by atoms with Crippen LogP contribution in [0.3, 0.4) is 0 Å². The van der Waals surface area contributed by atoms with Crippen molar-refractivity contribution in [2.45, 2.75) is 18.9 Å². The van der Waals surface area contributed by atoms with E-state index in [0.717, 1.165) is 35.5 Å². The van der Waals surface area contributed by atoms with Gasteiger partial charge in [-0.2, -0.15) is 9.78 Å². The second kappa shape index (κ2) is 6.14. The molecule has 27 heavy (non-hydrogen) atoms. The number of nitrogens with zero attached hydrogens (tertiary/aromatic N) is 5. The summed E-state index contributed by atoms with van der Waals surface area (Å²) in [5.74, 6) is 0.638. The van der Waals surface area contributed by atoms with Gasteiger partial charge in [-0.15, -0.1) is 5.10 Å². The molecule has 5 rings (SSSR count). The average molecular weight is 356 g/mol. The van der Waals surface area contributed by atoms with Crippen molar-refractivity contribution in [3.05, 3.63) is 54.7 Å². The number of nitriles is 1. The molecule has 3 heterocycles. The molecule has 0 spiro atoms. The molecule has 0 unspecified atom stereocenters. The Hall–Kier alpha value is -3.86. The minimum Gasteiger partial charge on any atom is -0.379 e. The van der Waals surface area contributed by atoms with Gasteiger partial charge < -0.3 is 15.6 Å². The minimum absolute atomic E-state index is 0.401. The maximum Gasteiger partial charge on any atom is 0.178 e. The van der Waals surface area contributed by atoms with Crippen LogP contribution in [0.4, 0.5) is 17.2 Å². The van der Waals surface area contributed by atoms with E-state index in [-0.39, 0.29) is 0 Å². The van der Waals surface area contributed by atoms with Gasteiger partial charge >= 0.3 is 0 Å². The van der Waals surface area contributed by atoms with Crippen molar-refractivity contribution in [1.29, 1.82) is 5.26 Å². The zero-order valence-electron chi connectivity index (χ0n) is 14.3. The number of benzene rings is 1. The van der Waals surface area contributed by atoms with Gasteiger partial charge in [0.25, 0.3) is 0 Å². The summed E-state index contributed by atoms with van der Waals surface area (Å²) in [4.78, 5) is 11.6. The maximum absolute atomic E-state index is 9.33. The number of hydrogen-bond donors (Lipinski definition) is 3. The van der Waals surface area contributed by atoms with Crippen LogP contribution in [0.2, 0.25) is 0 Å². The first-order valence-electron chi connectivity index (χ1n) is 8.72. The molecule has 0 amide bonds. The summed E-state index contributed by atoms with van der Waals surface area (Å²) >= 11 is 0. The maximum atomic E-state index is 9.33. The Labute approximate surface area is 154 Å². The summed E-state index contributed by atoms with van der Waals surface area (Å²) < 4.78 is 1.57. The topological polar surface area (TPSA) is 107 Å². The van der Waals surface area contributed by atoms with E-state index in [0.29, 0.717) is 23.2 Å². The van der Waals surface area contributed by atoms with Crippen LogP contribution in [0.1, 0.15) is 18.5 Å². The van der Waals surface area contributed by atoms with Gasteiger partial charge in [0.1, 0.15) is 6.07 Å². The summed E-state index contributed by atoms with van der Waals surface area (Å²) in [6.45, 7) is 0. The lowest BCUT2D eigenvalue weighted by Gasteiger charge is -2.11. The van der Waals surface area contributed by atoms with Crippen LogP contribution in [0.15, 0.2) is 49.1 Å². The fourth-order valence-corrected chi connectivity index (χ4v) is 2.98. The van der Waals surface area contributed by atoms with Crippen LogP contribution in [-0.4, -0.2) is 30.6 Å². The van der Waals surface area contributed by atoms with E-state index in [1.165, 1.54) is 0 Å². The van der Waals surface area contributed by atoms with E-state index < -0.39 is 0 Å². The molecular weight excluding hydrogens is 340 g/mol. The Morgan fingerprint density at radius 3 is 2.93 bits per heavy atom. The Morgan fingerprint density at radius 2 is 2.15 bits per heavy atom.